The maximum absolute atomic E-state index is 13.1. The largest absolute Gasteiger partial charge is 0.382 e. The Morgan fingerprint density at radius 1 is 0.905 bits per heavy atom. The van der Waals surface area contributed by atoms with Crippen LogP contribution in [0.5, 0.6) is 0 Å². The van der Waals surface area contributed by atoms with E-state index in [1.807, 2.05) is 0 Å². The predicted molar refractivity (Wildman–Crippen MR) is 77.5 cm³/mol. The van der Waals surface area contributed by atoms with E-state index in [-0.39, 0.29) is 5.82 Å². The molecule has 6 heteroatoms. The van der Waals surface area contributed by atoms with Crippen LogP contribution in [-0.2, 0) is 32.1 Å². The van der Waals surface area contributed by atoms with Crippen molar-refractivity contribution in [2.24, 2.45) is 5.73 Å². The SMILES string of the molecule is COCCOCCOCCOCc1cc(F)ccc1CN. The normalized spacial score (nSPS) is 11.0. The van der Waals surface area contributed by atoms with Gasteiger partial charge >= 0.3 is 0 Å². The summed E-state index contributed by atoms with van der Waals surface area (Å²) in [5, 5.41) is 0. The molecule has 0 aliphatic heterocycles. The summed E-state index contributed by atoms with van der Waals surface area (Å²) in [5.41, 5.74) is 7.27. The summed E-state index contributed by atoms with van der Waals surface area (Å²) in [6.45, 7) is 3.81. The molecule has 0 saturated carbocycles. The maximum Gasteiger partial charge on any atom is 0.123 e. The Morgan fingerprint density at radius 2 is 1.52 bits per heavy atom. The topological polar surface area (TPSA) is 62.9 Å². The van der Waals surface area contributed by atoms with Crippen LogP contribution in [-0.4, -0.2) is 46.8 Å². The third-order valence-corrected chi connectivity index (χ3v) is 2.82. The summed E-state index contributed by atoms with van der Waals surface area (Å²) in [7, 11) is 1.63. The molecule has 0 bridgehead atoms. The van der Waals surface area contributed by atoms with Gasteiger partial charge in [-0.2, -0.15) is 0 Å². The van der Waals surface area contributed by atoms with Gasteiger partial charge in [0, 0.05) is 13.7 Å². The van der Waals surface area contributed by atoms with Gasteiger partial charge in [0.1, 0.15) is 5.82 Å². The van der Waals surface area contributed by atoms with Crippen molar-refractivity contribution < 1.29 is 23.3 Å². The third kappa shape index (κ3) is 8.08. The molecular weight excluding hydrogens is 277 g/mol. The molecule has 0 heterocycles. The van der Waals surface area contributed by atoms with E-state index in [9.17, 15) is 4.39 Å². The lowest BCUT2D eigenvalue weighted by atomic mass is 10.1. The first kappa shape index (κ1) is 18.0. The van der Waals surface area contributed by atoms with Crippen molar-refractivity contribution in [1.82, 2.24) is 0 Å². The highest BCUT2D eigenvalue weighted by Crippen LogP contribution is 2.12. The average Bonchev–Trinajstić information content (AvgIpc) is 2.49. The van der Waals surface area contributed by atoms with Gasteiger partial charge in [-0.1, -0.05) is 6.07 Å². The lowest BCUT2D eigenvalue weighted by Crippen LogP contribution is -2.11. The Hall–Kier alpha value is -1.05. The molecule has 0 saturated heterocycles. The fraction of sp³-hybridized carbons (Fsp3) is 0.600. The van der Waals surface area contributed by atoms with Crippen LogP contribution in [0, 0.1) is 5.82 Å². The Balaban J connectivity index is 2.05. The highest BCUT2D eigenvalue weighted by atomic mass is 19.1. The highest BCUT2D eigenvalue weighted by molar-refractivity contribution is 5.27. The molecule has 0 aromatic heterocycles. The van der Waals surface area contributed by atoms with Gasteiger partial charge in [0.25, 0.3) is 0 Å². The van der Waals surface area contributed by atoms with Gasteiger partial charge in [0.2, 0.25) is 0 Å². The number of methoxy groups -OCH3 is 1. The lowest BCUT2D eigenvalue weighted by Gasteiger charge is -2.09. The van der Waals surface area contributed by atoms with Gasteiger partial charge in [0.15, 0.2) is 0 Å². The van der Waals surface area contributed by atoms with E-state index in [1.54, 1.807) is 13.2 Å². The van der Waals surface area contributed by atoms with Crippen LogP contribution < -0.4 is 5.73 Å². The minimum Gasteiger partial charge on any atom is -0.382 e. The highest BCUT2D eigenvalue weighted by Gasteiger charge is 2.03. The molecule has 0 fully saturated rings. The number of rotatable bonds is 12. The first-order chi connectivity index (χ1) is 10.3. The summed E-state index contributed by atoms with van der Waals surface area (Å²) < 4.78 is 34.0. The quantitative estimate of drug-likeness (QED) is 0.593. The van der Waals surface area contributed by atoms with Crippen molar-refractivity contribution in [1.29, 1.82) is 0 Å². The molecule has 0 aliphatic carbocycles. The molecule has 0 amide bonds. The van der Waals surface area contributed by atoms with Gasteiger partial charge in [-0.3, -0.25) is 0 Å². The Morgan fingerprint density at radius 3 is 2.14 bits per heavy atom. The Bertz CT molecular complexity index is 390. The van der Waals surface area contributed by atoms with Gasteiger partial charge in [-0.15, -0.1) is 0 Å². The van der Waals surface area contributed by atoms with Crippen molar-refractivity contribution in [2.75, 3.05) is 46.8 Å². The molecule has 120 valence electrons. The molecule has 2 N–H and O–H groups in total. The first-order valence-electron chi connectivity index (χ1n) is 6.97. The van der Waals surface area contributed by atoms with Crippen LogP contribution in [0.3, 0.4) is 0 Å². The summed E-state index contributed by atoms with van der Waals surface area (Å²) in [4.78, 5) is 0. The third-order valence-electron chi connectivity index (χ3n) is 2.82. The number of ether oxygens (including phenoxy) is 4. The van der Waals surface area contributed by atoms with Crippen molar-refractivity contribution in [2.45, 2.75) is 13.2 Å². The fourth-order valence-electron chi connectivity index (χ4n) is 1.69. The molecule has 0 radical (unpaired) electrons. The lowest BCUT2D eigenvalue weighted by molar-refractivity contribution is 0.000766. The minimum atomic E-state index is -0.282. The van der Waals surface area contributed by atoms with E-state index in [0.717, 1.165) is 11.1 Å². The van der Waals surface area contributed by atoms with Gasteiger partial charge in [0.05, 0.1) is 46.2 Å². The van der Waals surface area contributed by atoms with E-state index in [0.29, 0.717) is 52.8 Å². The van der Waals surface area contributed by atoms with Gasteiger partial charge < -0.3 is 24.7 Å². The molecule has 5 nitrogen and oxygen atoms in total. The molecule has 0 unspecified atom stereocenters. The van der Waals surface area contributed by atoms with Crippen molar-refractivity contribution >= 4 is 0 Å². The second-order valence-corrected chi connectivity index (χ2v) is 4.39. The smallest absolute Gasteiger partial charge is 0.123 e. The number of hydrogen-bond acceptors (Lipinski definition) is 5. The van der Waals surface area contributed by atoms with Crippen LogP contribution in [0.4, 0.5) is 4.39 Å². The van der Waals surface area contributed by atoms with Crippen molar-refractivity contribution in [3.05, 3.63) is 35.1 Å². The Kier molecular flexibility index (Phi) is 9.94. The zero-order valence-corrected chi connectivity index (χ0v) is 12.5. The molecule has 1 aromatic rings. The maximum atomic E-state index is 13.1. The zero-order valence-electron chi connectivity index (χ0n) is 12.5. The number of nitrogens with two attached hydrogens (primary N) is 1. The van der Waals surface area contributed by atoms with E-state index < -0.39 is 0 Å². The van der Waals surface area contributed by atoms with Crippen LogP contribution >= 0.6 is 0 Å². The monoisotopic (exact) mass is 301 g/mol. The van der Waals surface area contributed by atoms with E-state index >= 15 is 0 Å². The summed E-state index contributed by atoms with van der Waals surface area (Å²) in [5.74, 6) is -0.282. The molecule has 0 spiro atoms. The molecule has 0 atom stereocenters. The average molecular weight is 301 g/mol. The van der Waals surface area contributed by atoms with E-state index in [2.05, 4.69) is 0 Å². The standard InChI is InChI=1S/C15H24FNO4/c1-18-4-5-19-6-7-20-8-9-21-12-14-10-15(16)3-2-13(14)11-17/h2-3,10H,4-9,11-12,17H2,1H3. The molecule has 1 aromatic carbocycles. The number of benzene rings is 1. The summed E-state index contributed by atoms with van der Waals surface area (Å²) >= 11 is 0. The summed E-state index contributed by atoms with van der Waals surface area (Å²) in [6.07, 6.45) is 0. The van der Waals surface area contributed by atoms with E-state index in [1.165, 1.54) is 12.1 Å². The van der Waals surface area contributed by atoms with Crippen molar-refractivity contribution in [3.8, 4) is 0 Å². The van der Waals surface area contributed by atoms with Crippen molar-refractivity contribution in [3.63, 3.8) is 0 Å². The molecule has 0 aliphatic rings. The first-order valence-corrected chi connectivity index (χ1v) is 6.97. The fourth-order valence-corrected chi connectivity index (χ4v) is 1.69. The second-order valence-electron chi connectivity index (χ2n) is 4.39. The molecule has 21 heavy (non-hydrogen) atoms. The zero-order chi connectivity index (χ0) is 15.3. The van der Waals surface area contributed by atoms with Crippen LogP contribution in [0.2, 0.25) is 0 Å². The number of halogens is 1. The minimum absolute atomic E-state index is 0.282. The van der Waals surface area contributed by atoms with Crippen LogP contribution in [0.15, 0.2) is 18.2 Å². The second kappa shape index (κ2) is 11.6. The van der Waals surface area contributed by atoms with Crippen LogP contribution in [0.1, 0.15) is 11.1 Å². The molecule has 1 rings (SSSR count). The van der Waals surface area contributed by atoms with E-state index in [4.69, 9.17) is 24.7 Å². The molecular formula is C15H24FNO4. The van der Waals surface area contributed by atoms with Gasteiger partial charge in [-0.25, -0.2) is 4.39 Å². The predicted octanol–water partition coefficient (Wildman–Crippen LogP) is 1.48. The van der Waals surface area contributed by atoms with Crippen LogP contribution in [0.25, 0.3) is 0 Å². The Labute approximate surface area is 125 Å². The van der Waals surface area contributed by atoms with Gasteiger partial charge in [-0.05, 0) is 23.3 Å². The summed E-state index contributed by atoms with van der Waals surface area (Å²) in [6, 6.07) is 4.53. The number of hydrogen-bond donors (Lipinski definition) is 1.